The first-order valence-electron chi connectivity index (χ1n) is 6.27. The fourth-order valence-corrected chi connectivity index (χ4v) is 3.82. The molecule has 0 saturated heterocycles. The fourth-order valence-electron chi connectivity index (χ4n) is 3.82. The van der Waals surface area contributed by atoms with Crippen LogP contribution in [0.2, 0.25) is 0 Å². The van der Waals surface area contributed by atoms with Crippen molar-refractivity contribution >= 4 is 0 Å². The Bertz CT molecular complexity index is 238. The van der Waals surface area contributed by atoms with Gasteiger partial charge in [0.05, 0.1) is 0 Å². The van der Waals surface area contributed by atoms with E-state index < -0.39 is 0 Å². The second-order valence-corrected chi connectivity index (χ2v) is 5.56. The Morgan fingerprint density at radius 3 is 2.20 bits per heavy atom. The van der Waals surface area contributed by atoms with Crippen molar-refractivity contribution < 1.29 is 4.92 Å². The fraction of sp³-hybridized carbons (Fsp3) is 1.00. The molecule has 0 amide bonds. The lowest BCUT2D eigenvalue weighted by molar-refractivity contribution is -0.497. The summed E-state index contributed by atoms with van der Waals surface area (Å²) in [5, 5.41) is 10.7. The molecule has 0 aromatic carbocycles. The van der Waals surface area contributed by atoms with Crippen molar-refractivity contribution in [2.75, 3.05) is 6.54 Å². The molecule has 2 aliphatic rings. The molecule has 0 radical (unpaired) electrons. The van der Waals surface area contributed by atoms with Crippen LogP contribution in [0.4, 0.5) is 0 Å². The smallest absolute Gasteiger partial charge is 0.209 e. The molecule has 2 atom stereocenters. The van der Waals surface area contributed by atoms with Crippen molar-refractivity contribution in [2.24, 2.45) is 17.3 Å². The summed E-state index contributed by atoms with van der Waals surface area (Å²) in [5.41, 5.74) is 0.0448. The van der Waals surface area contributed by atoms with E-state index in [1.54, 1.807) is 0 Å². The van der Waals surface area contributed by atoms with E-state index in [1.165, 1.54) is 25.7 Å². The van der Waals surface area contributed by atoms with Gasteiger partial charge in [0.1, 0.15) is 0 Å². The van der Waals surface area contributed by atoms with Gasteiger partial charge < -0.3 is 0 Å². The third kappa shape index (κ3) is 2.16. The van der Waals surface area contributed by atoms with Crippen molar-refractivity contribution in [1.82, 2.24) is 0 Å². The maximum Gasteiger partial charge on any atom is 0.209 e. The van der Waals surface area contributed by atoms with Gasteiger partial charge in [-0.1, -0.05) is 32.6 Å². The molecule has 0 aromatic rings. The predicted octanol–water partition coefficient (Wildman–Crippen LogP) is 3.26. The van der Waals surface area contributed by atoms with Gasteiger partial charge >= 0.3 is 0 Å². The standard InChI is InChI=1S/C12H21NO2/c1-2-12(9-13(14)15)7-10-5-3-4-6-11(10)8-12/h10-11H,2-9H2,1H3. The minimum Gasteiger partial charge on any atom is -0.265 e. The van der Waals surface area contributed by atoms with Crippen LogP contribution in [0.1, 0.15) is 51.9 Å². The van der Waals surface area contributed by atoms with Gasteiger partial charge in [-0.05, 0) is 31.1 Å². The quantitative estimate of drug-likeness (QED) is 0.531. The largest absolute Gasteiger partial charge is 0.265 e. The van der Waals surface area contributed by atoms with Crippen molar-refractivity contribution in [1.29, 1.82) is 0 Å². The van der Waals surface area contributed by atoms with Gasteiger partial charge in [-0.3, -0.25) is 10.1 Å². The summed E-state index contributed by atoms with van der Waals surface area (Å²) in [6.45, 7) is 2.33. The van der Waals surface area contributed by atoms with Crippen LogP contribution in [0.3, 0.4) is 0 Å². The molecule has 2 fully saturated rings. The van der Waals surface area contributed by atoms with E-state index in [1.807, 2.05) is 0 Å². The van der Waals surface area contributed by atoms with Crippen LogP contribution in [0, 0.1) is 27.4 Å². The van der Waals surface area contributed by atoms with Gasteiger partial charge in [0.15, 0.2) is 0 Å². The molecular formula is C12H21NO2. The normalized spacial score (nSPS) is 40.1. The van der Waals surface area contributed by atoms with Crippen LogP contribution in [-0.2, 0) is 0 Å². The van der Waals surface area contributed by atoms with Crippen LogP contribution >= 0.6 is 0 Å². The van der Waals surface area contributed by atoms with E-state index in [2.05, 4.69) is 6.92 Å². The van der Waals surface area contributed by atoms with Crippen molar-refractivity contribution in [3.05, 3.63) is 10.1 Å². The summed E-state index contributed by atoms with van der Waals surface area (Å²) >= 11 is 0. The zero-order valence-corrected chi connectivity index (χ0v) is 9.58. The van der Waals surface area contributed by atoms with Crippen LogP contribution in [0.25, 0.3) is 0 Å². The van der Waals surface area contributed by atoms with Crippen molar-refractivity contribution in [3.63, 3.8) is 0 Å². The SMILES string of the molecule is CCC1(C[N+](=O)[O-])CC2CCCCC2C1. The molecule has 2 aliphatic carbocycles. The highest BCUT2D eigenvalue weighted by atomic mass is 16.6. The van der Waals surface area contributed by atoms with Crippen LogP contribution in [0.15, 0.2) is 0 Å². The first kappa shape index (κ1) is 10.9. The zero-order chi connectivity index (χ0) is 10.9. The topological polar surface area (TPSA) is 43.1 Å². The predicted molar refractivity (Wildman–Crippen MR) is 59.3 cm³/mol. The lowest BCUT2D eigenvalue weighted by Crippen LogP contribution is -2.26. The van der Waals surface area contributed by atoms with Crippen LogP contribution in [0.5, 0.6) is 0 Å². The molecule has 2 unspecified atom stereocenters. The third-order valence-electron chi connectivity index (χ3n) is 4.67. The number of rotatable bonds is 3. The Balaban J connectivity index is 2.05. The van der Waals surface area contributed by atoms with Gasteiger partial charge in [0.25, 0.3) is 0 Å². The average Bonchev–Trinajstić information content (AvgIpc) is 2.55. The third-order valence-corrected chi connectivity index (χ3v) is 4.67. The number of fused-ring (bicyclic) bond motifs is 1. The Morgan fingerprint density at radius 1 is 1.27 bits per heavy atom. The van der Waals surface area contributed by atoms with Crippen molar-refractivity contribution in [2.45, 2.75) is 51.9 Å². The van der Waals surface area contributed by atoms with Gasteiger partial charge in [-0.25, -0.2) is 0 Å². The summed E-state index contributed by atoms with van der Waals surface area (Å²) in [4.78, 5) is 10.6. The molecule has 0 aliphatic heterocycles. The molecule has 0 heterocycles. The summed E-state index contributed by atoms with van der Waals surface area (Å²) < 4.78 is 0. The molecule has 0 aromatic heterocycles. The van der Waals surface area contributed by atoms with E-state index in [-0.39, 0.29) is 16.9 Å². The minimum absolute atomic E-state index is 0.0448. The van der Waals surface area contributed by atoms with E-state index in [9.17, 15) is 10.1 Å². The Labute approximate surface area is 91.4 Å². The highest BCUT2D eigenvalue weighted by Crippen LogP contribution is 2.53. The van der Waals surface area contributed by atoms with E-state index in [0.29, 0.717) is 0 Å². The maximum atomic E-state index is 10.7. The monoisotopic (exact) mass is 211 g/mol. The lowest BCUT2D eigenvalue weighted by atomic mass is 9.82. The van der Waals surface area contributed by atoms with Gasteiger partial charge in [0.2, 0.25) is 6.54 Å². The highest BCUT2D eigenvalue weighted by molar-refractivity contribution is 4.94. The summed E-state index contributed by atoms with van der Waals surface area (Å²) in [5.74, 6) is 1.61. The Kier molecular flexibility index (Phi) is 2.98. The molecule has 0 N–H and O–H groups in total. The Hall–Kier alpha value is -0.600. The first-order chi connectivity index (χ1) is 7.15. The van der Waals surface area contributed by atoms with Crippen LogP contribution in [-0.4, -0.2) is 11.5 Å². The second kappa shape index (κ2) is 4.11. The molecule has 3 heteroatoms. The zero-order valence-electron chi connectivity index (χ0n) is 9.58. The number of hydrogen-bond acceptors (Lipinski definition) is 2. The number of hydrogen-bond donors (Lipinski definition) is 0. The minimum atomic E-state index is -0.0964. The number of nitro groups is 1. The van der Waals surface area contributed by atoms with Crippen LogP contribution < -0.4 is 0 Å². The molecule has 0 bridgehead atoms. The summed E-state index contributed by atoms with van der Waals surface area (Å²) in [6, 6.07) is 0. The lowest BCUT2D eigenvalue weighted by Gasteiger charge is -2.24. The summed E-state index contributed by atoms with van der Waals surface area (Å²) in [6.07, 6.45) is 8.57. The number of nitrogens with zero attached hydrogens (tertiary/aromatic N) is 1. The van der Waals surface area contributed by atoms with Gasteiger partial charge in [-0.15, -0.1) is 0 Å². The van der Waals surface area contributed by atoms with E-state index >= 15 is 0 Å². The maximum absolute atomic E-state index is 10.7. The molecule has 2 rings (SSSR count). The second-order valence-electron chi connectivity index (χ2n) is 5.56. The molecular weight excluding hydrogens is 190 g/mol. The average molecular weight is 211 g/mol. The Morgan fingerprint density at radius 2 is 1.80 bits per heavy atom. The summed E-state index contributed by atoms with van der Waals surface area (Å²) in [7, 11) is 0. The van der Waals surface area contributed by atoms with Crippen molar-refractivity contribution in [3.8, 4) is 0 Å². The molecule has 2 saturated carbocycles. The molecule has 15 heavy (non-hydrogen) atoms. The first-order valence-corrected chi connectivity index (χ1v) is 6.27. The molecule has 86 valence electrons. The van der Waals surface area contributed by atoms with E-state index in [4.69, 9.17) is 0 Å². The van der Waals surface area contributed by atoms with Gasteiger partial charge in [0, 0.05) is 10.3 Å². The highest BCUT2D eigenvalue weighted by Gasteiger charge is 2.47. The molecule has 0 spiro atoms. The van der Waals surface area contributed by atoms with Gasteiger partial charge in [-0.2, -0.15) is 0 Å². The van der Waals surface area contributed by atoms with E-state index in [0.717, 1.165) is 31.1 Å². The molecule has 3 nitrogen and oxygen atoms in total.